The first-order valence-electron chi connectivity index (χ1n) is 8.17. The van der Waals surface area contributed by atoms with Gasteiger partial charge in [0.2, 0.25) is 0 Å². The second kappa shape index (κ2) is 7.77. The zero-order valence-electron chi connectivity index (χ0n) is 13.5. The molecule has 0 aliphatic rings. The first-order valence-corrected chi connectivity index (χ1v) is 8.17. The minimum absolute atomic E-state index is 0. The Morgan fingerprint density at radius 3 is 1.42 bits per heavy atom. The maximum absolute atomic E-state index is 2.39. The number of rotatable bonds is 4. The van der Waals surface area contributed by atoms with Crippen molar-refractivity contribution < 1.29 is 29.3 Å². The molecule has 4 rings (SSSR count). The molecule has 0 spiro atoms. The fourth-order valence-electron chi connectivity index (χ4n) is 3.32. The third kappa shape index (κ3) is 3.45. The highest BCUT2D eigenvalue weighted by molar-refractivity contribution is 5.86. The van der Waals surface area contributed by atoms with Crippen LogP contribution in [0.2, 0.25) is 0 Å². The molecule has 4 aromatic rings. The average Bonchev–Trinajstić information content (AvgIpc) is 2.62. The molecular weight excluding hydrogens is 405 g/mol. The van der Waals surface area contributed by atoms with E-state index in [0.717, 1.165) is 13.1 Å². The normalized spacial score (nSPS) is 10.7. The standard InChI is InChI=1S/C22H19N.HI/c1-3-13-21-17(7-1)9-5-11-19(21)15-23-16-20-12-6-10-18-8-2-4-14-22(18)20;/h1-14,23H,15-16H2;1H. The molecule has 4 aromatic carbocycles. The fraction of sp³-hybridized carbons (Fsp3) is 0.0909. The molecule has 0 amide bonds. The molecule has 2 N–H and O–H groups in total. The van der Waals surface area contributed by atoms with Crippen molar-refractivity contribution in [1.29, 1.82) is 0 Å². The molecule has 0 atom stereocenters. The molecule has 0 fully saturated rings. The smallest absolute Gasteiger partial charge is 0.102 e. The minimum Gasteiger partial charge on any atom is -1.00 e. The zero-order valence-corrected chi connectivity index (χ0v) is 15.6. The summed E-state index contributed by atoms with van der Waals surface area (Å²) in [5.41, 5.74) is 2.81. The number of halogens is 1. The van der Waals surface area contributed by atoms with E-state index in [2.05, 4.69) is 90.2 Å². The van der Waals surface area contributed by atoms with Gasteiger partial charge >= 0.3 is 0 Å². The lowest BCUT2D eigenvalue weighted by Gasteiger charge is -2.08. The summed E-state index contributed by atoms with van der Waals surface area (Å²) < 4.78 is 0. The van der Waals surface area contributed by atoms with Crippen molar-refractivity contribution in [2.24, 2.45) is 0 Å². The zero-order chi connectivity index (χ0) is 15.5. The molecule has 0 unspecified atom stereocenters. The fourth-order valence-corrected chi connectivity index (χ4v) is 3.32. The lowest BCUT2D eigenvalue weighted by molar-refractivity contribution is -0.685. The van der Waals surface area contributed by atoms with Crippen LogP contribution in [0.5, 0.6) is 0 Å². The van der Waals surface area contributed by atoms with Gasteiger partial charge in [0.15, 0.2) is 0 Å². The van der Waals surface area contributed by atoms with Gasteiger partial charge in [-0.1, -0.05) is 84.9 Å². The van der Waals surface area contributed by atoms with Crippen LogP contribution in [0.15, 0.2) is 84.9 Å². The van der Waals surface area contributed by atoms with Gasteiger partial charge in [0.1, 0.15) is 13.1 Å². The van der Waals surface area contributed by atoms with E-state index in [1.54, 1.807) is 0 Å². The van der Waals surface area contributed by atoms with Crippen LogP contribution in [-0.2, 0) is 13.1 Å². The lowest BCUT2D eigenvalue weighted by atomic mass is 10.0. The molecule has 2 heteroatoms. The highest BCUT2D eigenvalue weighted by Crippen LogP contribution is 2.19. The Bertz CT molecular complexity index is 872. The lowest BCUT2D eigenvalue weighted by Crippen LogP contribution is -3.00. The van der Waals surface area contributed by atoms with Gasteiger partial charge < -0.3 is 29.3 Å². The van der Waals surface area contributed by atoms with Gasteiger partial charge in [-0.25, -0.2) is 0 Å². The molecule has 0 aliphatic carbocycles. The molecule has 0 saturated carbocycles. The Morgan fingerprint density at radius 1 is 0.500 bits per heavy atom. The monoisotopic (exact) mass is 425 g/mol. The Kier molecular flexibility index (Phi) is 5.48. The van der Waals surface area contributed by atoms with Crippen molar-refractivity contribution in [2.75, 3.05) is 0 Å². The van der Waals surface area contributed by atoms with E-state index in [4.69, 9.17) is 0 Å². The molecular formula is C22H20IN. The molecule has 0 radical (unpaired) electrons. The van der Waals surface area contributed by atoms with Crippen molar-refractivity contribution in [3.63, 3.8) is 0 Å². The maximum Gasteiger partial charge on any atom is 0.102 e. The molecule has 0 heterocycles. The summed E-state index contributed by atoms with van der Waals surface area (Å²) >= 11 is 0. The van der Waals surface area contributed by atoms with Crippen molar-refractivity contribution in [1.82, 2.24) is 0 Å². The predicted octanol–water partition coefficient (Wildman–Crippen LogP) is 1.26. The third-order valence-electron chi connectivity index (χ3n) is 4.49. The van der Waals surface area contributed by atoms with Crippen LogP contribution >= 0.6 is 0 Å². The molecule has 0 aliphatic heterocycles. The summed E-state index contributed by atoms with van der Waals surface area (Å²) in [5.74, 6) is 0. The van der Waals surface area contributed by atoms with E-state index < -0.39 is 0 Å². The van der Waals surface area contributed by atoms with E-state index in [-0.39, 0.29) is 24.0 Å². The third-order valence-corrected chi connectivity index (χ3v) is 4.49. The van der Waals surface area contributed by atoms with Gasteiger partial charge in [0.25, 0.3) is 0 Å². The number of benzene rings is 4. The molecule has 24 heavy (non-hydrogen) atoms. The molecule has 0 aromatic heterocycles. The summed E-state index contributed by atoms with van der Waals surface area (Å²) in [6, 6.07) is 30.4. The summed E-state index contributed by atoms with van der Waals surface area (Å²) in [6.07, 6.45) is 0. The van der Waals surface area contributed by atoms with Crippen LogP contribution < -0.4 is 29.3 Å². The molecule has 0 bridgehead atoms. The van der Waals surface area contributed by atoms with Crippen LogP contribution in [0.1, 0.15) is 11.1 Å². The van der Waals surface area contributed by atoms with Crippen molar-refractivity contribution in [3.8, 4) is 0 Å². The minimum atomic E-state index is 0. The van der Waals surface area contributed by atoms with Crippen molar-refractivity contribution >= 4 is 21.5 Å². The van der Waals surface area contributed by atoms with E-state index in [1.165, 1.54) is 32.7 Å². The van der Waals surface area contributed by atoms with Gasteiger partial charge in [-0.15, -0.1) is 0 Å². The van der Waals surface area contributed by atoms with E-state index in [1.807, 2.05) is 0 Å². The highest BCUT2D eigenvalue weighted by atomic mass is 127. The Hall–Kier alpha value is -1.91. The van der Waals surface area contributed by atoms with Gasteiger partial charge in [-0.2, -0.15) is 0 Å². The number of hydrogen-bond acceptors (Lipinski definition) is 0. The van der Waals surface area contributed by atoms with Crippen LogP contribution in [0.25, 0.3) is 21.5 Å². The molecule has 0 saturated heterocycles. The average molecular weight is 425 g/mol. The highest BCUT2D eigenvalue weighted by Gasteiger charge is 2.04. The topological polar surface area (TPSA) is 16.6 Å². The first-order chi connectivity index (χ1) is 11.4. The van der Waals surface area contributed by atoms with Crippen LogP contribution in [0.4, 0.5) is 0 Å². The van der Waals surface area contributed by atoms with Gasteiger partial charge in [0.05, 0.1) is 0 Å². The summed E-state index contributed by atoms with van der Waals surface area (Å²) in [6.45, 7) is 2.01. The largest absolute Gasteiger partial charge is 1.00 e. The Labute approximate surface area is 159 Å². The van der Waals surface area contributed by atoms with Gasteiger partial charge in [-0.3, -0.25) is 0 Å². The number of quaternary nitrogens is 1. The second-order valence-electron chi connectivity index (χ2n) is 5.97. The Balaban J connectivity index is 0.00000169. The number of fused-ring (bicyclic) bond motifs is 2. The summed E-state index contributed by atoms with van der Waals surface area (Å²) in [4.78, 5) is 0. The SMILES string of the molecule is [I-].c1ccc2c(C[NH2+]Cc3cccc4ccccc34)cccc2c1. The van der Waals surface area contributed by atoms with E-state index in [0.29, 0.717) is 0 Å². The van der Waals surface area contributed by atoms with Crippen LogP contribution in [0, 0.1) is 0 Å². The van der Waals surface area contributed by atoms with Crippen LogP contribution in [0.3, 0.4) is 0 Å². The van der Waals surface area contributed by atoms with Crippen molar-refractivity contribution in [2.45, 2.75) is 13.1 Å². The number of hydrogen-bond donors (Lipinski definition) is 1. The molecule has 120 valence electrons. The van der Waals surface area contributed by atoms with Gasteiger partial charge in [-0.05, 0) is 21.5 Å². The number of nitrogens with two attached hydrogens (primary N) is 1. The van der Waals surface area contributed by atoms with Gasteiger partial charge in [0, 0.05) is 11.1 Å². The molecule has 1 nitrogen and oxygen atoms in total. The summed E-state index contributed by atoms with van der Waals surface area (Å²) in [7, 11) is 0. The predicted molar refractivity (Wildman–Crippen MR) is 97.2 cm³/mol. The summed E-state index contributed by atoms with van der Waals surface area (Å²) in [5, 5.41) is 7.77. The second-order valence-corrected chi connectivity index (χ2v) is 5.97. The van der Waals surface area contributed by atoms with E-state index >= 15 is 0 Å². The Morgan fingerprint density at radius 2 is 0.917 bits per heavy atom. The van der Waals surface area contributed by atoms with Crippen LogP contribution in [-0.4, -0.2) is 0 Å². The maximum atomic E-state index is 2.39. The first kappa shape index (κ1) is 16.9. The van der Waals surface area contributed by atoms with Crippen molar-refractivity contribution in [3.05, 3.63) is 96.1 Å². The van der Waals surface area contributed by atoms with E-state index in [9.17, 15) is 0 Å². The quantitative estimate of drug-likeness (QED) is 0.475.